The van der Waals surface area contributed by atoms with Gasteiger partial charge in [0.15, 0.2) is 0 Å². The second kappa shape index (κ2) is 10.7. The maximum Gasteiger partial charge on any atom is 0.328 e. The average Bonchev–Trinajstić information content (AvgIpc) is 3.28. The van der Waals surface area contributed by atoms with Crippen LogP contribution in [0.5, 0.6) is 0 Å². The third kappa shape index (κ3) is 6.42. The Morgan fingerprint density at radius 3 is 2.04 bits per heavy atom. The van der Waals surface area contributed by atoms with Gasteiger partial charge in [-0.3, -0.25) is 9.59 Å². The second-order valence-corrected chi connectivity index (χ2v) is 7.18. The highest BCUT2D eigenvalue weighted by atomic mass is 16.7. The Morgan fingerprint density at radius 1 is 0.875 bits per heavy atom. The predicted molar refractivity (Wildman–Crippen MR) is 92.1 cm³/mol. The number of hydroxylamine groups is 2. The fraction of sp³-hybridized carbons (Fsp3) is 0.895. The van der Waals surface area contributed by atoms with Crippen LogP contribution < -0.4 is 0 Å². The topological polar surface area (TPSA) is 55.8 Å². The van der Waals surface area contributed by atoms with E-state index in [1.807, 2.05) is 0 Å². The molecule has 0 saturated heterocycles. The van der Waals surface area contributed by atoms with Crippen molar-refractivity contribution in [3.63, 3.8) is 0 Å². The van der Waals surface area contributed by atoms with E-state index >= 15 is 0 Å². The normalized spacial score (nSPS) is 19.1. The van der Waals surface area contributed by atoms with E-state index in [0.29, 0.717) is 19.7 Å². The van der Waals surface area contributed by atoms with Gasteiger partial charge in [-0.1, -0.05) is 45.4 Å². The summed E-state index contributed by atoms with van der Waals surface area (Å²) in [5, 5.41) is 1.71. The molecule has 2 aliphatic carbocycles. The van der Waals surface area contributed by atoms with Gasteiger partial charge >= 0.3 is 11.9 Å². The standard InChI is InChI=1S/C19H33NO4/c1-2-3-8-13-20(24-19(22)17-11-6-7-12-17)14-15-23-18(21)16-9-4-5-10-16/h16-17H,2-15H2,1H3. The Hall–Kier alpha value is -1.10. The number of carbonyl (C=O) groups is 2. The zero-order valence-corrected chi connectivity index (χ0v) is 15.1. The molecule has 0 N–H and O–H groups in total. The van der Waals surface area contributed by atoms with Gasteiger partial charge in [0.25, 0.3) is 0 Å². The molecule has 0 heterocycles. The third-order valence-electron chi connectivity index (χ3n) is 5.19. The molecular weight excluding hydrogens is 306 g/mol. The van der Waals surface area contributed by atoms with Crippen LogP contribution in [0.4, 0.5) is 0 Å². The molecule has 0 aromatic rings. The van der Waals surface area contributed by atoms with Crippen LogP contribution in [0.3, 0.4) is 0 Å². The van der Waals surface area contributed by atoms with Gasteiger partial charge in [0.1, 0.15) is 6.61 Å². The Morgan fingerprint density at radius 2 is 1.46 bits per heavy atom. The molecule has 0 radical (unpaired) electrons. The lowest BCUT2D eigenvalue weighted by Gasteiger charge is -2.23. The van der Waals surface area contributed by atoms with Crippen molar-refractivity contribution in [1.82, 2.24) is 5.06 Å². The lowest BCUT2D eigenvalue weighted by Crippen LogP contribution is -2.34. The summed E-state index contributed by atoms with van der Waals surface area (Å²) in [4.78, 5) is 29.8. The van der Waals surface area contributed by atoms with Crippen LogP contribution in [0.25, 0.3) is 0 Å². The molecule has 2 saturated carbocycles. The maximum absolute atomic E-state index is 12.2. The summed E-state index contributed by atoms with van der Waals surface area (Å²) >= 11 is 0. The van der Waals surface area contributed by atoms with Gasteiger partial charge in [-0.15, -0.1) is 5.06 Å². The van der Waals surface area contributed by atoms with Crippen molar-refractivity contribution in [2.24, 2.45) is 11.8 Å². The van der Waals surface area contributed by atoms with Gasteiger partial charge in [-0.2, -0.15) is 0 Å². The first-order chi connectivity index (χ1) is 11.7. The minimum Gasteiger partial charge on any atom is -0.464 e. The molecule has 5 heteroatoms. The van der Waals surface area contributed by atoms with Crippen LogP contribution in [-0.4, -0.2) is 36.7 Å². The molecule has 0 aliphatic heterocycles. The van der Waals surface area contributed by atoms with Crippen LogP contribution in [0, 0.1) is 11.8 Å². The molecule has 0 atom stereocenters. The zero-order chi connectivity index (χ0) is 17.2. The van der Waals surface area contributed by atoms with Crippen molar-refractivity contribution in [1.29, 1.82) is 0 Å². The fourth-order valence-corrected chi connectivity index (χ4v) is 3.63. The Labute approximate surface area is 146 Å². The van der Waals surface area contributed by atoms with E-state index in [9.17, 15) is 9.59 Å². The van der Waals surface area contributed by atoms with Crippen molar-refractivity contribution in [3.8, 4) is 0 Å². The van der Waals surface area contributed by atoms with Crippen molar-refractivity contribution < 1.29 is 19.2 Å². The number of unbranched alkanes of at least 4 members (excludes halogenated alkanes) is 2. The van der Waals surface area contributed by atoms with E-state index in [0.717, 1.165) is 70.6 Å². The van der Waals surface area contributed by atoms with Crippen LogP contribution in [0.1, 0.15) is 77.6 Å². The lowest BCUT2D eigenvalue weighted by atomic mass is 10.1. The van der Waals surface area contributed by atoms with Gasteiger partial charge < -0.3 is 9.57 Å². The minimum absolute atomic E-state index is 0.0553. The summed E-state index contributed by atoms with van der Waals surface area (Å²) in [6.45, 7) is 3.64. The van der Waals surface area contributed by atoms with E-state index in [-0.39, 0.29) is 23.8 Å². The van der Waals surface area contributed by atoms with Gasteiger partial charge in [0, 0.05) is 6.54 Å². The number of esters is 1. The minimum atomic E-state index is -0.105. The molecular formula is C19H33NO4. The molecule has 0 bridgehead atoms. The SMILES string of the molecule is CCCCCN(CCOC(=O)C1CCCC1)OC(=O)C1CCCC1. The first kappa shape index (κ1) is 19.2. The summed E-state index contributed by atoms with van der Waals surface area (Å²) in [5.74, 6) is -0.0476. The highest BCUT2D eigenvalue weighted by molar-refractivity contribution is 5.73. The number of hydrogen-bond acceptors (Lipinski definition) is 5. The molecule has 24 heavy (non-hydrogen) atoms. The third-order valence-corrected chi connectivity index (χ3v) is 5.19. The molecule has 2 rings (SSSR count). The maximum atomic E-state index is 12.2. The van der Waals surface area contributed by atoms with Crippen molar-refractivity contribution in [3.05, 3.63) is 0 Å². The molecule has 2 aliphatic rings. The monoisotopic (exact) mass is 339 g/mol. The number of nitrogens with zero attached hydrogens (tertiary/aromatic N) is 1. The first-order valence-corrected chi connectivity index (χ1v) is 9.84. The number of hydrogen-bond donors (Lipinski definition) is 0. The number of rotatable bonds is 10. The van der Waals surface area contributed by atoms with Gasteiger partial charge in [0.05, 0.1) is 18.4 Å². The molecule has 0 aromatic carbocycles. The smallest absolute Gasteiger partial charge is 0.328 e. The van der Waals surface area contributed by atoms with Gasteiger partial charge in [-0.05, 0) is 32.1 Å². The molecule has 5 nitrogen and oxygen atoms in total. The quantitative estimate of drug-likeness (QED) is 0.344. The largest absolute Gasteiger partial charge is 0.464 e. The highest BCUT2D eigenvalue weighted by Gasteiger charge is 2.27. The van der Waals surface area contributed by atoms with Crippen LogP contribution in [0.2, 0.25) is 0 Å². The molecule has 0 amide bonds. The summed E-state index contributed by atoms with van der Waals surface area (Å²) in [6.07, 6.45) is 11.5. The first-order valence-electron chi connectivity index (χ1n) is 9.84. The Balaban J connectivity index is 1.72. The predicted octanol–water partition coefficient (Wildman–Crippen LogP) is 3.86. The van der Waals surface area contributed by atoms with E-state index < -0.39 is 0 Å². The fourth-order valence-electron chi connectivity index (χ4n) is 3.63. The molecule has 2 fully saturated rings. The van der Waals surface area contributed by atoms with Gasteiger partial charge in [0.2, 0.25) is 0 Å². The van der Waals surface area contributed by atoms with E-state index in [1.54, 1.807) is 5.06 Å². The van der Waals surface area contributed by atoms with E-state index in [4.69, 9.17) is 9.57 Å². The van der Waals surface area contributed by atoms with Crippen molar-refractivity contribution >= 4 is 11.9 Å². The summed E-state index contributed by atoms with van der Waals surface area (Å²) < 4.78 is 5.40. The van der Waals surface area contributed by atoms with Crippen LogP contribution >= 0.6 is 0 Å². The molecule has 0 spiro atoms. The number of ether oxygens (including phenoxy) is 1. The Kier molecular flexibility index (Phi) is 8.57. The van der Waals surface area contributed by atoms with Crippen molar-refractivity contribution in [2.75, 3.05) is 19.7 Å². The number of carbonyl (C=O) groups excluding carboxylic acids is 2. The average molecular weight is 339 g/mol. The van der Waals surface area contributed by atoms with Crippen molar-refractivity contribution in [2.45, 2.75) is 77.6 Å². The summed E-state index contributed by atoms with van der Waals surface area (Å²) in [6, 6.07) is 0. The lowest BCUT2D eigenvalue weighted by molar-refractivity contribution is -0.199. The zero-order valence-electron chi connectivity index (χ0n) is 15.1. The highest BCUT2D eigenvalue weighted by Crippen LogP contribution is 2.27. The molecule has 138 valence electrons. The summed E-state index contributed by atoms with van der Waals surface area (Å²) in [7, 11) is 0. The van der Waals surface area contributed by atoms with Crippen LogP contribution in [-0.2, 0) is 19.2 Å². The Bertz CT molecular complexity index is 387. The molecule has 0 unspecified atom stereocenters. The van der Waals surface area contributed by atoms with E-state index in [2.05, 4.69) is 6.92 Å². The molecule has 0 aromatic heterocycles. The van der Waals surface area contributed by atoms with Gasteiger partial charge in [-0.25, -0.2) is 0 Å². The van der Waals surface area contributed by atoms with Crippen LogP contribution in [0.15, 0.2) is 0 Å². The van der Waals surface area contributed by atoms with E-state index in [1.165, 1.54) is 0 Å². The summed E-state index contributed by atoms with van der Waals surface area (Å²) in [5.41, 5.74) is 0. The second-order valence-electron chi connectivity index (χ2n) is 7.18.